The number of primary amides is 1. The van der Waals surface area contributed by atoms with Gasteiger partial charge in [0.25, 0.3) is 0 Å². The third kappa shape index (κ3) is 22.3. The monoisotopic (exact) mass is 916 g/mol. The average molecular weight is 917 g/mol. The molecule has 0 heterocycles. The Hall–Kier alpha value is -6.15. The van der Waals surface area contributed by atoms with E-state index in [9.17, 15) is 63.3 Å². The first kappa shape index (κ1) is 57.8. The Morgan fingerprint density at radius 2 is 0.969 bits per heavy atom. The summed E-state index contributed by atoms with van der Waals surface area (Å²) >= 11 is 0. The highest BCUT2D eigenvalue weighted by atomic mass is 16.4. The molecule has 0 aliphatic carbocycles. The molecule has 0 rings (SSSR count). The van der Waals surface area contributed by atoms with E-state index in [1.165, 1.54) is 13.8 Å². The molecule has 26 heteroatoms. The summed E-state index contributed by atoms with van der Waals surface area (Å²) < 4.78 is 0. The number of nitrogens with zero attached hydrogens (tertiary/aromatic N) is 1. The molecule has 64 heavy (non-hydrogen) atoms. The van der Waals surface area contributed by atoms with Crippen molar-refractivity contribution in [3.8, 4) is 0 Å². The fraction of sp³-hybridized carbons (Fsp3) is 0.711. The van der Waals surface area contributed by atoms with E-state index in [-0.39, 0.29) is 50.0 Å². The summed E-state index contributed by atoms with van der Waals surface area (Å²) in [4.78, 5) is 131. The van der Waals surface area contributed by atoms with Gasteiger partial charge < -0.3 is 80.6 Å². The molecule has 0 saturated heterocycles. The number of aliphatic imine (C=N–C) groups is 1. The lowest BCUT2D eigenvalue weighted by molar-refractivity contribution is -0.144. The number of nitrogens with two attached hydrogens (primary N) is 4. The Kier molecular flexibility index (Phi) is 25.8. The molecule has 0 fully saturated rings. The fourth-order valence-electron chi connectivity index (χ4n) is 5.85. The molecular formula is C38H68N12O14. The number of rotatable bonds is 30. The van der Waals surface area contributed by atoms with Crippen LogP contribution in [0.5, 0.6) is 0 Å². The molecule has 0 aromatic carbocycles. The topological polar surface area (TPSA) is 452 Å². The summed E-state index contributed by atoms with van der Waals surface area (Å²) in [7, 11) is 0. The largest absolute Gasteiger partial charge is 0.481 e. The van der Waals surface area contributed by atoms with Gasteiger partial charge in [0.15, 0.2) is 5.96 Å². The maximum absolute atomic E-state index is 13.6. The average Bonchev–Trinajstić information content (AvgIpc) is 3.16. The smallest absolute Gasteiger partial charge is 0.326 e. The zero-order chi connectivity index (χ0) is 49.6. The lowest BCUT2D eigenvalue weighted by Crippen LogP contribution is -2.63. The van der Waals surface area contributed by atoms with Crippen LogP contribution in [0.25, 0.3) is 0 Å². The molecule has 0 spiro atoms. The maximum Gasteiger partial charge on any atom is 0.326 e. The van der Waals surface area contributed by atoms with Crippen molar-refractivity contribution in [2.45, 2.75) is 141 Å². The van der Waals surface area contributed by atoms with Gasteiger partial charge >= 0.3 is 11.9 Å². The summed E-state index contributed by atoms with van der Waals surface area (Å²) in [6, 6.07) is -12.3. The van der Waals surface area contributed by atoms with E-state index in [0.29, 0.717) is 0 Å². The number of aliphatic hydroxyl groups is 2. The van der Waals surface area contributed by atoms with Crippen LogP contribution >= 0.6 is 0 Å². The van der Waals surface area contributed by atoms with Gasteiger partial charge in [-0.3, -0.25) is 48.1 Å². The molecule has 0 aliphatic heterocycles. The Morgan fingerprint density at radius 3 is 1.38 bits per heavy atom. The second kappa shape index (κ2) is 28.5. The van der Waals surface area contributed by atoms with Crippen molar-refractivity contribution in [2.24, 2.45) is 45.7 Å². The van der Waals surface area contributed by atoms with E-state index in [2.05, 4.69) is 42.2 Å². The number of aliphatic carboxylic acids is 2. The Morgan fingerprint density at radius 1 is 0.547 bits per heavy atom. The van der Waals surface area contributed by atoms with Crippen LogP contribution in [-0.4, -0.2) is 153 Å². The molecule has 19 N–H and O–H groups in total. The van der Waals surface area contributed by atoms with E-state index in [4.69, 9.17) is 28.0 Å². The van der Waals surface area contributed by atoms with Gasteiger partial charge in [-0.15, -0.1) is 0 Å². The third-order valence-corrected chi connectivity index (χ3v) is 9.13. The number of carboxylic acids is 2. The number of carboxylic acid groups (broad SMARTS) is 2. The Labute approximate surface area is 370 Å². The zero-order valence-electron chi connectivity index (χ0n) is 37.2. The molecule has 0 bridgehead atoms. The van der Waals surface area contributed by atoms with Crippen LogP contribution in [0.15, 0.2) is 4.99 Å². The third-order valence-electron chi connectivity index (χ3n) is 9.13. The van der Waals surface area contributed by atoms with E-state index in [1.54, 1.807) is 27.7 Å². The number of carbonyl (C=O) groups is 10. The van der Waals surface area contributed by atoms with Crippen LogP contribution in [0.4, 0.5) is 0 Å². The van der Waals surface area contributed by atoms with Crippen LogP contribution in [0, 0.1) is 17.8 Å². The molecular weight excluding hydrogens is 848 g/mol. The molecule has 9 atom stereocenters. The number of nitrogens with one attached hydrogen (secondary N) is 7. The first-order valence-electron chi connectivity index (χ1n) is 20.6. The van der Waals surface area contributed by atoms with Crippen LogP contribution in [0.1, 0.15) is 87.0 Å². The van der Waals surface area contributed by atoms with Gasteiger partial charge in [0, 0.05) is 6.54 Å². The first-order valence-corrected chi connectivity index (χ1v) is 20.6. The molecule has 0 aliphatic rings. The van der Waals surface area contributed by atoms with Crippen molar-refractivity contribution in [1.29, 1.82) is 0 Å². The second-order valence-electron chi connectivity index (χ2n) is 16.4. The number of hydrogen-bond donors (Lipinski definition) is 15. The SMILES string of the molecule is CC(C)C[C@H](NC(=O)[C@H](CC(C)C)NC(=O)[C@H](CO)NC(=O)[C@@H](NC(=O)[C@@H](NC(=O)[C@H](CCCN=C(N)N)NC(=O)[C@@H](N)CC(=O)O)C(C)C)[C@@H](C)O)C(=O)N[C@@H](CC(N)=O)C(=O)O. The lowest BCUT2D eigenvalue weighted by Gasteiger charge is -2.29. The molecule has 364 valence electrons. The van der Waals surface area contributed by atoms with E-state index in [1.807, 2.05) is 0 Å². The summed E-state index contributed by atoms with van der Waals surface area (Å²) in [6.45, 7) is 10.0. The second-order valence-corrected chi connectivity index (χ2v) is 16.4. The van der Waals surface area contributed by atoms with Crippen molar-refractivity contribution in [3.05, 3.63) is 0 Å². The molecule has 0 radical (unpaired) electrons. The fourth-order valence-corrected chi connectivity index (χ4v) is 5.85. The molecule has 0 saturated carbocycles. The molecule has 0 aromatic rings. The van der Waals surface area contributed by atoms with Gasteiger partial charge in [0.05, 0.1) is 31.6 Å². The van der Waals surface area contributed by atoms with Gasteiger partial charge in [-0.2, -0.15) is 0 Å². The minimum Gasteiger partial charge on any atom is -0.481 e. The Bertz CT molecular complexity index is 1670. The number of amides is 8. The van der Waals surface area contributed by atoms with Crippen LogP contribution < -0.4 is 60.2 Å². The predicted molar refractivity (Wildman–Crippen MR) is 228 cm³/mol. The molecule has 8 amide bonds. The highest BCUT2D eigenvalue weighted by Gasteiger charge is 2.36. The highest BCUT2D eigenvalue weighted by Crippen LogP contribution is 2.11. The normalized spacial score (nSPS) is 15.4. The highest BCUT2D eigenvalue weighted by molar-refractivity contribution is 5.98. The maximum atomic E-state index is 13.6. The number of guanidine groups is 1. The molecule has 26 nitrogen and oxygen atoms in total. The van der Waals surface area contributed by atoms with Crippen LogP contribution in [0.2, 0.25) is 0 Å². The Balaban J connectivity index is 6.24. The van der Waals surface area contributed by atoms with Crippen molar-refractivity contribution in [2.75, 3.05) is 13.2 Å². The quantitative estimate of drug-likeness (QED) is 0.0181. The summed E-state index contributed by atoms with van der Waals surface area (Å²) in [5.41, 5.74) is 21.5. The van der Waals surface area contributed by atoms with E-state index in [0.717, 1.165) is 6.92 Å². The minimum absolute atomic E-state index is 0.00704. The number of hydrogen-bond acceptors (Lipinski definition) is 14. The van der Waals surface area contributed by atoms with Gasteiger partial charge in [-0.1, -0.05) is 41.5 Å². The predicted octanol–water partition coefficient (Wildman–Crippen LogP) is -5.68. The van der Waals surface area contributed by atoms with Crippen molar-refractivity contribution >= 4 is 65.2 Å². The van der Waals surface area contributed by atoms with Gasteiger partial charge in [-0.05, 0) is 50.4 Å². The van der Waals surface area contributed by atoms with Crippen molar-refractivity contribution in [3.63, 3.8) is 0 Å². The zero-order valence-corrected chi connectivity index (χ0v) is 37.2. The molecule has 0 aromatic heterocycles. The van der Waals surface area contributed by atoms with Crippen LogP contribution in [0.3, 0.4) is 0 Å². The summed E-state index contributed by atoms with van der Waals surface area (Å²) in [5, 5.41) is 55.6. The van der Waals surface area contributed by atoms with Crippen molar-refractivity contribution < 1.29 is 68.4 Å². The van der Waals surface area contributed by atoms with Gasteiger partial charge in [0.1, 0.15) is 42.3 Å². The van der Waals surface area contributed by atoms with Crippen molar-refractivity contribution in [1.82, 2.24) is 37.2 Å². The summed E-state index contributed by atoms with van der Waals surface area (Å²) in [5.74, 6) is -12.3. The van der Waals surface area contributed by atoms with Gasteiger partial charge in [0.2, 0.25) is 47.3 Å². The van der Waals surface area contributed by atoms with E-state index < -0.39 is 139 Å². The lowest BCUT2D eigenvalue weighted by atomic mass is 9.99. The standard InChI is InChI=1S/C38H68N12O14/c1-16(2)11-22(32(58)45-23(12-17(3)4)33(59)47-24(37(63)64)14-26(40)53)46-34(60)25(15-51)48-36(62)29(19(7)52)50-35(61)28(18(5)6)49-31(57)21(9-8-10-43-38(41)42)44-30(56)20(39)13-27(54)55/h16-25,28-29,51-52H,8-15,39H2,1-7H3,(H2,40,53)(H,44,56)(H,45,58)(H,46,60)(H,47,59)(H,48,62)(H,49,57)(H,50,61)(H,54,55)(H,63,64)(H4,41,42,43)/t19-,20+,21+,22+,23+,24+,25+,28+,29+/m1/s1. The van der Waals surface area contributed by atoms with Crippen LogP contribution in [-0.2, 0) is 47.9 Å². The minimum atomic E-state index is -1.80. The number of aliphatic hydroxyl groups excluding tert-OH is 2. The summed E-state index contributed by atoms with van der Waals surface area (Å²) in [6.07, 6.45) is -3.09. The van der Waals surface area contributed by atoms with E-state index >= 15 is 0 Å². The molecule has 0 unspecified atom stereocenters. The first-order chi connectivity index (χ1) is 29.6. The number of carbonyl (C=O) groups excluding carboxylic acids is 8. The van der Waals surface area contributed by atoms with Gasteiger partial charge in [-0.25, -0.2) is 4.79 Å².